The number of hydrogen-bond acceptors (Lipinski definition) is 1. The number of halogens is 2. The van der Waals surface area contributed by atoms with Gasteiger partial charge in [0, 0.05) is 18.4 Å². The Hall–Kier alpha value is 0.540. The lowest BCUT2D eigenvalue weighted by atomic mass is 10.0. The summed E-state index contributed by atoms with van der Waals surface area (Å²) in [4.78, 5) is 0. The van der Waals surface area contributed by atoms with E-state index in [2.05, 4.69) is 0 Å². The van der Waals surface area contributed by atoms with Gasteiger partial charge in [-0.15, -0.1) is 23.2 Å². The van der Waals surface area contributed by atoms with E-state index in [1.807, 2.05) is 0 Å². The van der Waals surface area contributed by atoms with Gasteiger partial charge in [-0.3, -0.25) is 0 Å². The highest BCUT2D eigenvalue weighted by Crippen LogP contribution is 2.20. The van der Waals surface area contributed by atoms with Crippen LogP contribution in [0.4, 0.5) is 0 Å². The smallest absolute Gasteiger partial charge is 0.0576 e. The zero-order valence-electron chi connectivity index (χ0n) is 7.98. The second-order valence-corrected chi connectivity index (χ2v) is 4.36. The number of ether oxygens (including phenoxy) is 1. The van der Waals surface area contributed by atoms with E-state index in [0.717, 1.165) is 13.0 Å². The van der Waals surface area contributed by atoms with Crippen LogP contribution in [0.1, 0.15) is 32.1 Å². The molecule has 0 radical (unpaired) electrons. The third-order valence-electron chi connectivity index (χ3n) is 2.60. The molecule has 1 aliphatic heterocycles. The van der Waals surface area contributed by atoms with Crippen LogP contribution in [0.25, 0.3) is 0 Å². The van der Waals surface area contributed by atoms with Gasteiger partial charge in [-0.2, -0.15) is 0 Å². The lowest BCUT2D eigenvalue weighted by Gasteiger charge is -2.12. The first kappa shape index (κ1) is 11.6. The maximum absolute atomic E-state index is 5.75. The van der Waals surface area contributed by atoms with Crippen molar-refractivity contribution in [1.29, 1.82) is 0 Å². The summed E-state index contributed by atoms with van der Waals surface area (Å²) < 4.78 is 5.54. The van der Waals surface area contributed by atoms with Gasteiger partial charge in [0.25, 0.3) is 0 Å². The Morgan fingerprint density at radius 1 is 1.31 bits per heavy atom. The van der Waals surface area contributed by atoms with E-state index < -0.39 is 0 Å². The zero-order valence-corrected chi connectivity index (χ0v) is 9.49. The molecule has 1 unspecified atom stereocenters. The largest absolute Gasteiger partial charge is 0.378 e. The van der Waals surface area contributed by atoms with Gasteiger partial charge >= 0.3 is 0 Å². The van der Waals surface area contributed by atoms with Crippen molar-refractivity contribution in [3.05, 3.63) is 0 Å². The van der Waals surface area contributed by atoms with Crippen LogP contribution in [0.15, 0.2) is 0 Å². The van der Waals surface area contributed by atoms with Crippen LogP contribution in [0, 0.1) is 5.92 Å². The first-order chi connectivity index (χ1) is 6.36. The quantitative estimate of drug-likeness (QED) is 0.629. The van der Waals surface area contributed by atoms with E-state index in [4.69, 9.17) is 27.9 Å². The monoisotopic (exact) mass is 224 g/mol. The molecule has 0 N–H and O–H groups in total. The number of alkyl halides is 2. The minimum atomic E-state index is 0.490. The lowest BCUT2D eigenvalue weighted by molar-refractivity contribution is 0.101. The van der Waals surface area contributed by atoms with Crippen LogP contribution in [0.2, 0.25) is 0 Å². The molecule has 0 spiro atoms. The van der Waals surface area contributed by atoms with Crippen LogP contribution in [0.5, 0.6) is 0 Å². The molecule has 0 aromatic carbocycles. The molecule has 0 bridgehead atoms. The van der Waals surface area contributed by atoms with E-state index in [0.29, 0.717) is 23.8 Å². The van der Waals surface area contributed by atoms with E-state index >= 15 is 0 Å². The van der Waals surface area contributed by atoms with Crippen molar-refractivity contribution in [2.75, 3.05) is 18.4 Å². The van der Waals surface area contributed by atoms with E-state index in [-0.39, 0.29) is 0 Å². The van der Waals surface area contributed by atoms with Gasteiger partial charge < -0.3 is 4.74 Å². The highest BCUT2D eigenvalue weighted by atomic mass is 35.5. The van der Waals surface area contributed by atoms with Crippen molar-refractivity contribution in [2.24, 2.45) is 5.92 Å². The summed E-state index contributed by atoms with van der Waals surface area (Å²) in [5.41, 5.74) is 0. The second kappa shape index (κ2) is 6.92. The maximum Gasteiger partial charge on any atom is 0.0576 e. The molecule has 13 heavy (non-hydrogen) atoms. The third kappa shape index (κ3) is 4.53. The van der Waals surface area contributed by atoms with Gasteiger partial charge in [0.1, 0.15) is 0 Å². The Morgan fingerprint density at radius 3 is 2.62 bits per heavy atom. The fourth-order valence-corrected chi connectivity index (χ4v) is 2.34. The SMILES string of the molecule is ClCC(CCl)CCCC1CCCO1. The van der Waals surface area contributed by atoms with E-state index in [1.54, 1.807) is 0 Å². The molecule has 1 saturated heterocycles. The van der Waals surface area contributed by atoms with Gasteiger partial charge in [-0.05, 0) is 31.6 Å². The van der Waals surface area contributed by atoms with Crippen molar-refractivity contribution in [2.45, 2.75) is 38.2 Å². The predicted molar refractivity (Wildman–Crippen MR) is 57.8 cm³/mol. The van der Waals surface area contributed by atoms with Crippen molar-refractivity contribution in [1.82, 2.24) is 0 Å². The average molecular weight is 225 g/mol. The van der Waals surface area contributed by atoms with Crippen molar-refractivity contribution < 1.29 is 4.74 Å². The van der Waals surface area contributed by atoms with Gasteiger partial charge in [-0.1, -0.05) is 6.42 Å². The highest BCUT2D eigenvalue weighted by Gasteiger charge is 2.15. The van der Waals surface area contributed by atoms with Gasteiger partial charge in [0.05, 0.1) is 6.10 Å². The fraction of sp³-hybridized carbons (Fsp3) is 1.00. The Kier molecular flexibility index (Phi) is 6.18. The van der Waals surface area contributed by atoms with E-state index in [9.17, 15) is 0 Å². The minimum absolute atomic E-state index is 0.490. The van der Waals surface area contributed by atoms with Crippen LogP contribution < -0.4 is 0 Å². The van der Waals surface area contributed by atoms with Crippen molar-refractivity contribution in [3.8, 4) is 0 Å². The normalized spacial score (nSPS) is 22.8. The highest BCUT2D eigenvalue weighted by molar-refractivity contribution is 6.20. The molecule has 0 amide bonds. The first-order valence-corrected chi connectivity index (χ1v) is 6.17. The molecule has 1 heterocycles. The summed E-state index contributed by atoms with van der Waals surface area (Å²) in [6.45, 7) is 0.957. The maximum atomic E-state index is 5.75. The Bertz CT molecular complexity index is 118. The van der Waals surface area contributed by atoms with Crippen LogP contribution in [-0.2, 0) is 4.74 Å². The molecule has 1 nitrogen and oxygen atoms in total. The van der Waals surface area contributed by atoms with Crippen LogP contribution in [0.3, 0.4) is 0 Å². The molecule has 1 fully saturated rings. The summed E-state index contributed by atoms with van der Waals surface area (Å²) in [5, 5.41) is 0. The first-order valence-electron chi connectivity index (χ1n) is 5.10. The molecule has 1 atom stereocenters. The third-order valence-corrected chi connectivity index (χ3v) is 3.47. The lowest BCUT2D eigenvalue weighted by Crippen LogP contribution is -2.08. The minimum Gasteiger partial charge on any atom is -0.378 e. The Balaban J connectivity index is 1.98. The molecule has 1 rings (SSSR count). The molecule has 1 aliphatic rings. The summed E-state index contributed by atoms with van der Waals surface area (Å²) in [6.07, 6.45) is 6.53. The van der Waals surface area contributed by atoms with Crippen molar-refractivity contribution >= 4 is 23.2 Å². The summed E-state index contributed by atoms with van der Waals surface area (Å²) in [6, 6.07) is 0. The van der Waals surface area contributed by atoms with Gasteiger partial charge in [0.2, 0.25) is 0 Å². The summed E-state index contributed by atoms with van der Waals surface area (Å²) in [7, 11) is 0. The average Bonchev–Trinajstić information content (AvgIpc) is 2.65. The number of hydrogen-bond donors (Lipinski definition) is 0. The topological polar surface area (TPSA) is 9.23 Å². The fourth-order valence-electron chi connectivity index (χ4n) is 1.70. The Labute approximate surface area is 90.7 Å². The Morgan fingerprint density at radius 2 is 2.08 bits per heavy atom. The summed E-state index contributed by atoms with van der Waals surface area (Å²) in [5.74, 6) is 1.87. The van der Waals surface area contributed by atoms with Crippen LogP contribution in [-0.4, -0.2) is 24.5 Å². The summed E-state index contributed by atoms with van der Waals surface area (Å²) >= 11 is 11.5. The van der Waals surface area contributed by atoms with Crippen molar-refractivity contribution in [3.63, 3.8) is 0 Å². The second-order valence-electron chi connectivity index (χ2n) is 3.74. The van der Waals surface area contributed by atoms with Gasteiger partial charge in [0.15, 0.2) is 0 Å². The molecule has 3 heteroatoms. The molecule has 0 aromatic heterocycles. The predicted octanol–water partition coefficient (Wildman–Crippen LogP) is 3.43. The molecule has 0 aliphatic carbocycles. The van der Waals surface area contributed by atoms with Crippen LogP contribution >= 0.6 is 23.2 Å². The molecule has 0 aromatic rings. The molecular formula is C10H18Cl2O. The molecule has 0 saturated carbocycles. The number of rotatable bonds is 6. The molecule has 78 valence electrons. The standard InChI is InChI=1S/C10H18Cl2O/c11-7-9(8-12)3-1-4-10-5-2-6-13-10/h9-10H,1-8H2. The molecular weight excluding hydrogens is 207 g/mol. The van der Waals surface area contributed by atoms with E-state index in [1.165, 1.54) is 25.7 Å². The van der Waals surface area contributed by atoms with Gasteiger partial charge in [-0.25, -0.2) is 0 Å². The zero-order chi connectivity index (χ0) is 9.52.